The van der Waals surface area contributed by atoms with Gasteiger partial charge in [-0.15, -0.1) is 0 Å². The lowest BCUT2D eigenvalue weighted by molar-refractivity contribution is 1.21. The molecule has 0 radical (unpaired) electrons. The van der Waals surface area contributed by atoms with E-state index >= 15 is 0 Å². The molecule has 0 aliphatic heterocycles. The second-order valence-corrected chi connectivity index (χ2v) is 5.13. The summed E-state index contributed by atoms with van der Waals surface area (Å²) in [6, 6.07) is 28.6. The molecule has 0 saturated carbocycles. The second kappa shape index (κ2) is 6.15. The Labute approximate surface area is 130 Å². The molecule has 0 atom stereocenters. The van der Waals surface area contributed by atoms with E-state index in [2.05, 4.69) is 47.4 Å². The Morgan fingerprint density at radius 3 is 1.73 bits per heavy atom. The molecule has 22 heavy (non-hydrogen) atoms. The van der Waals surface area contributed by atoms with Crippen LogP contribution in [-0.4, -0.2) is 7.05 Å². The molecule has 0 spiro atoms. The van der Waals surface area contributed by atoms with Crippen molar-refractivity contribution in [2.45, 2.75) is 0 Å². The van der Waals surface area contributed by atoms with Crippen LogP contribution in [0.15, 0.2) is 78.9 Å². The van der Waals surface area contributed by atoms with Crippen LogP contribution in [0.25, 0.3) is 11.1 Å². The molecule has 2 nitrogen and oxygen atoms in total. The first-order valence-corrected chi connectivity index (χ1v) is 7.17. The molecule has 3 aromatic carbocycles. The number of rotatable bonds is 3. The zero-order valence-electron chi connectivity index (χ0n) is 12.4. The Hall–Kier alpha value is -3.05. The van der Waals surface area contributed by atoms with Gasteiger partial charge in [0, 0.05) is 18.4 Å². The second-order valence-electron chi connectivity index (χ2n) is 5.13. The number of anilines is 2. The molecule has 0 amide bonds. The lowest BCUT2D eigenvalue weighted by Crippen LogP contribution is -2.08. The van der Waals surface area contributed by atoms with Crippen molar-refractivity contribution < 1.29 is 0 Å². The van der Waals surface area contributed by atoms with Crippen LogP contribution >= 0.6 is 0 Å². The van der Waals surface area contributed by atoms with Crippen LogP contribution in [0.2, 0.25) is 0 Å². The van der Waals surface area contributed by atoms with Gasteiger partial charge in [0.05, 0.1) is 11.6 Å². The zero-order chi connectivity index (χ0) is 15.4. The summed E-state index contributed by atoms with van der Waals surface area (Å²) >= 11 is 0. The Bertz CT molecular complexity index is 782. The van der Waals surface area contributed by atoms with Gasteiger partial charge in [0.25, 0.3) is 0 Å². The van der Waals surface area contributed by atoms with Crippen molar-refractivity contribution >= 4 is 11.4 Å². The third-order valence-corrected chi connectivity index (χ3v) is 3.75. The van der Waals surface area contributed by atoms with E-state index in [-0.39, 0.29) is 0 Å². The van der Waals surface area contributed by atoms with Crippen molar-refractivity contribution in [1.82, 2.24) is 0 Å². The fourth-order valence-electron chi connectivity index (χ4n) is 2.42. The Kier molecular flexibility index (Phi) is 3.89. The van der Waals surface area contributed by atoms with E-state index in [0.29, 0.717) is 5.56 Å². The number of nitrogens with zero attached hydrogens (tertiary/aromatic N) is 2. The molecule has 2 heteroatoms. The monoisotopic (exact) mass is 284 g/mol. The molecule has 0 fully saturated rings. The smallest absolute Gasteiger partial charge is 0.0991 e. The van der Waals surface area contributed by atoms with Gasteiger partial charge in [0.15, 0.2) is 0 Å². The van der Waals surface area contributed by atoms with Crippen LogP contribution in [0.1, 0.15) is 5.56 Å². The van der Waals surface area contributed by atoms with Gasteiger partial charge in [0.1, 0.15) is 0 Å². The van der Waals surface area contributed by atoms with Gasteiger partial charge < -0.3 is 4.90 Å². The molecular formula is C20H16N2. The van der Waals surface area contributed by atoms with Gasteiger partial charge in [0.2, 0.25) is 0 Å². The summed E-state index contributed by atoms with van der Waals surface area (Å²) < 4.78 is 0. The van der Waals surface area contributed by atoms with Gasteiger partial charge in [-0.2, -0.15) is 5.26 Å². The largest absolute Gasteiger partial charge is 0.345 e. The topological polar surface area (TPSA) is 27.0 Å². The van der Waals surface area contributed by atoms with Crippen LogP contribution < -0.4 is 4.90 Å². The summed E-state index contributed by atoms with van der Waals surface area (Å²) in [6.45, 7) is 0. The van der Waals surface area contributed by atoms with Crippen molar-refractivity contribution in [1.29, 1.82) is 5.26 Å². The normalized spacial score (nSPS) is 10.0. The first kappa shape index (κ1) is 13.9. The van der Waals surface area contributed by atoms with E-state index in [0.717, 1.165) is 11.4 Å². The molecule has 0 aliphatic rings. The predicted molar refractivity (Wildman–Crippen MR) is 91.1 cm³/mol. The van der Waals surface area contributed by atoms with Gasteiger partial charge >= 0.3 is 0 Å². The highest BCUT2D eigenvalue weighted by molar-refractivity contribution is 5.69. The van der Waals surface area contributed by atoms with Crippen molar-refractivity contribution in [3.63, 3.8) is 0 Å². The van der Waals surface area contributed by atoms with Gasteiger partial charge in [-0.1, -0.05) is 42.5 Å². The predicted octanol–water partition coefficient (Wildman–Crippen LogP) is 4.99. The van der Waals surface area contributed by atoms with E-state index < -0.39 is 0 Å². The van der Waals surface area contributed by atoms with Gasteiger partial charge in [-0.3, -0.25) is 0 Å². The van der Waals surface area contributed by atoms with E-state index in [9.17, 15) is 0 Å². The fraction of sp³-hybridized carbons (Fsp3) is 0.0500. The molecule has 0 aliphatic carbocycles. The minimum atomic E-state index is 0.677. The minimum Gasteiger partial charge on any atom is -0.345 e. The molecule has 0 unspecified atom stereocenters. The fourth-order valence-corrected chi connectivity index (χ4v) is 2.42. The van der Waals surface area contributed by atoms with Crippen LogP contribution in [-0.2, 0) is 0 Å². The van der Waals surface area contributed by atoms with Crippen molar-refractivity contribution in [3.05, 3.63) is 84.4 Å². The van der Waals surface area contributed by atoms with E-state index in [1.54, 1.807) is 0 Å². The van der Waals surface area contributed by atoms with Crippen molar-refractivity contribution in [2.75, 3.05) is 11.9 Å². The molecule has 0 N–H and O–H groups in total. The standard InChI is InChI=1S/C20H16N2/c1-22(19-11-7-16(15-21)8-12-19)20-13-9-18(10-14-20)17-5-3-2-4-6-17/h2-14H,1H3. The quantitative estimate of drug-likeness (QED) is 0.677. The van der Waals surface area contributed by atoms with Crippen LogP contribution in [0, 0.1) is 11.3 Å². The molecule has 0 aromatic heterocycles. The van der Waals surface area contributed by atoms with Crippen LogP contribution in [0.3, 0.4) is 0 Å². The number of nitriles is 1. The minimum absolute atomic E-state index is 0.677. The Morgan fingerprint density at radius 1 is 0.682 bits per heavy atom. The molecule has 3 rings (SSSR count). The third-order valence-electron chi connectivity index (χ3n) is 3.75. The lowest BCUT2D eigenvalue weighted by atomic mass is 10.1. The molecule has 0 heterocycles. The highest BCUT2D eigenvalue weighted by Gasteiger charge is 2.04. The van der Waals surface area contributed by atoms with Gasteiger partial charge in [-0.25, -0.2) is 0 Å². The highest BCUT2D eigenvalue weighted by Crippen LogP contribution is 2.27. The Morgan fingerprint density at radius 2 is 1.18 bits per heavy atom. The van der Waals surface area contributed by atoms with E-state index in [1.165, 1.54) is 11.1 Å². The van der Waals surface area contributed by atoms with Crippen LogP contribution in [0.5, 0.6) is 0 Å². The number of benzene rings is 3. The van der Waals surface area contributed by atoms with E-state index in [1.807, 2.05) is 49.5 Å². The van der Waals surface area contributed by atoms with Gasteiger partial charge in [-0.05, 0) is 47.5 Å². The summed E-state index contributed by atoms with van der Waals surface area (Å²) in [5, 5.41) is 8.86. The summed E-state index contributed by atoms with van der Waals surface area (Å²) in [4.78, 5) is 2.11. The SMILES string of the molecule is CN(c1ccc(C#N)cc1)c1ccc(-c2ccccc2)cc1. The summed E-state index contributed by atoms with van der Waals surface area (Å²) in [5.41, 5.74) is 5.28. The maximum absolute atomic E-state index is 8.86. The maximum atomic E-state index is 8.86. The zero-order valence-corrected chi connectivity index (χ0v) is 12.4. The first-order chi connectivity index (χ1) is 10.8. The number of hydrogen-bond donors (Lipinski definition) is 0. The van der Waals surface area contributed by atoms with Crippen molar-refractivity contribution in [3.8, 4) is 17.2 Å². The molecule has 0 bridgehead atoms. The average Bonchev–Trinajstić information content (AvgIpc) is 2.62. The van der Waals surface area contributed by atoms with Crippen molar-refractivity contribution in [2.24, 2.45) is 0 Å². The molecule has 0 saturated heterocycles. The summed E-state index contributed by atoms with van der Waals surface area (Å²) in [6.07, 6.45) is 0. The molecule has 106 valence electrons. The first-order valence-electron chi connectivity index (χ1n) is 7.17. The maximum Gasteiger partial charge on any atom is 0.0991 e. The molecule has 3 aromatic rings. The molecular weight excluding hydrogens is 268 g/mol. The lowest BCUT2D eigenvalue weighted by Gasteiger charge is -2.20. The Balaban J connectivity index is 1.84. The average molecular weight is 284 g/mol. The summed E-state index contributed by atoms with van der Waals surface area (Å²) in [5.74, 6) is 0. The van der Waals surface area contributed by atoms with Crippen LogP contribution in [0.4, 0.5) is 11.4 Å². The third kappa shape index (κ3) is 2.84. The highest BCUT2D eigenvalue weighted by atomic mass is 15.1. The number of hydrogen-bond acceptors (Lipinski definition) is 2. The summed E-state index contributed by atoms with van der Waals surface area (Å²) in [7, 11) is 2.03. The van der Waals surface area contributed by atoms with E-state index in [4.69, 9.17) is 5.26 Å².